The van der Waals surface area contributed by atoms with Crippen LogP contribution in [0.1, 0.15) is 57.6 Å². The molecule has 0 heterocycles. The average Bonchev–Trinajstić information content (AvgIpc) is 2.45. The molecule has 2 rings (SSSR count). The molecule has 0 amide bonds. The minimum Gasteiger partial charge on any atom is -0.307 e. The van der Waals surface area contributed by atoms with Crippen molar-refractivity contribution in [3.63, 3.8) is 0 Å². The smallest absolute Gasteiger partial charge is 0.0781 e. The van der Waals surface area contributed by atoms with Gasteiger partial charge in [0.05, 0.1) is 15.1 Å². The Bertz CT molecular complexity index is 455. The van der Waals surface area contributed by atoms with E-state index in [1.165, 1.54) is 32.1 Å². The van der Waals surface area contributed by atoms with Gasteiger partial charge in [0.15, 0.2) is 0 Å². The highest BCUT2D eigenvalue weighted by atomic mass is 35.5. The maximum Gasteiger partial charge on any atom is 0.0781 e. The fourth-order valence-electron chi connectivity index (χ4n) is 3.13. The van der Waals surface area contributed by atoms with Crippen LogP contribution in [0.25, 0.3) is 0 Å². The molecule has 1 aliphatic rings. The molecule has 0 aromatic heterocycles. The standard InChI is InChI=1S/C16H22Cl3N/c1-10(12-6-4-3-5-7-12)20-11(2)13-8-9-14(17)16(19)15(13)18/h8-12,20H,3-7H2,1-2H3/t10-,11?/m1/s1. The lowest BCUT2D eigenvalue weighted by Crippen LogP contribution is -2.36. The first kappa shape index (κ1) is 16.4. The van der Waals surface area contributed by atoms with E-state index in [4.69, 9.17) is 34.8 Å². The van der Waals surface area contributed by atoms with Crippen LogP contribution in [-0.2, 0) is 0 Å². The van der Waals surface area contributed by atoms with Crippen molar-refractivity contribution in [1.29, 1.82) is 0 Å². The number of nitrogens with one attached hydrogen (secondary N) is 1. The second-order valence-corrected chi connectivity index (χ2v) is 7.00. The molecule has 1 aliphatic carbocycles. The largest absolute Gasteiger partial charge is 0.307 e. The highest BCUT2D eigenvalue weighted by Crippen LogP contribution is 2.36. The Hall–Kier alpha value is 0.0500. The van der Waals surface area contributed by atoms with Gasteiger partial charge in [0.25, 0.3) is 0 Å². The average molecular weight is 335 g/mol. The molecule has 112 valence electrons. The normalized spacial score (nSPS) is 19.9. The zero-order valence-electron chi connectivity index (χ0n) is 12.1. The van der Waals surface area contributed by atoms with Crippen molar-refractivity contribution in [2.24, 2.45) is 5.92 Å². The lowest BCUT2D eigenvalue weighted by atomic mass is 9.84. The zero-order valence-corrected chi connectivity index (χ0v) is 14.3. The summed E-state index contributed by atoms with van der Waals surface area (Å²) in [6.45, 7) is 4.41. The summed E-state index contributed by atoms with van der Waals surface area (Å²) in [6.07, 6.45) is 6.76. The molecule has 1 saturated carbocycles. The summed E-state index contributed by atoms with van der Waals surface area (Å²) < 4.78 is 0. The van der Waals surface area contributed by atoms with Crippen LogP contribution in [0.15, 0.2) is 12.1 Å². The van der Waals surface area contributed by atoms with Gasteiger partial charge in [0.1, 0.15) is 0 Å². The molecular formula is C16H22Cl3N. The number of halogens is 3. The molecule has 1 N–H and O–H groups in total. The van der Waals surface area contributed by atoms with E-state index >= 15 is 0 Å². The molecule has 4 heteroatoms. The van der Waals surface area contributed by atoms with E-state index < -0.39 is 0 Å². The summed E-state index contributed by atoms with van der Waals surface area (Å²) >= 11 is 18.4. The molecule has 20 heavy (non-hydrogen) atoms. The number of hydrogen-bond acceptors (Lipinski definition) is 1. The van der Waals surface area contributed by atoms with Crippen molar-refractivity contribution >= 4 is 34.8 Å². The first-order valence-corrected chi connectivity index (χ1v) is 8.53. The summed E-state index contributed by atoms with van der Waals surface area (Å²) in [7, 11) is 0. The summed E-state index contributed by atoms with van der Waals surface area (Å²) in [4.78, 5) is 0. The minimum atomic E-state index is 0.175. The Labute approximate surface area is 137 Å². The Kier molecular flexibility index (Phi) is 6.04. The molecular weight excluding hydrogens is 313 g/mol. The molecule has 1 aromatic rings. The van der Waals surface area contributed by atoms with Crippen molar-refractivity contribution in [3.8, 4) is 0 Å². The lowest BCUT2D eigenvalue weighted by Gasteiger charge is -2.31. The maximum absolute atomic E-state index is 6.31. The van der Waals surface area contributed by atoms with E-state index in [1.54, 1.807) is 0 Å². The molecule has 0 aliphatic heterocycles. The zero-order chi connectivity index (χ0) is 14.7. The van der Waals surface area contributed by atoms with Crippen molar-refractivity contribution < 1.29 is 0 Å². The van der Waals surface area contributed by atoms with E-state index in [0.717, 1.165) is 11.5 Å². The van der Waals surface area contributed by atoms with Crippen LogP contribution in [0.5, 0.6) is 0 Å². The van der Waals surface area contributed by atoms with Crippen LogP contribution in [0.4, 0.5) is 0 Å². The first-order chi connectivity index (χ1) is 9.50. The van der Waals surface area contributed by atoms with Gasteiger partial charge in [-0.2, -0.15) is 0 Å². The maximum atomic E-state index is 6.31. The second kappa shape index (κ2) is 7.35. The first-order valence-electron chi connectivity index (χ1n) is 7.40. The van der Waals surface area contributed by atoms with E-state index in [-0.39, 0.29) is 6.04 Å². The summed E-state index contributed by atoms with van der Waals surface area (Å²) in [5.41, 5.74) is 1.02. The molecule has 0 spiro atoms. The van der Waals surface area contributed by atoms with E-state index in [0.29, 0.717) is 21.1 Å². The third kappa shape index (κ3) is 3.82. The number of rotatable bonds is 4. The molecule has 2 atom stereocenters. The van der Waals surface area contributed by atoms with Crippen LogP contribution in [0.2, 0.25) is 15.1 Å². The van der Waals surface area contributed by atoms with Gasteiger partial charge in [0.2, 0.25) is 0 Å². The highest BCUT2D eigenvalue weighted by Gasteiger charge is 2.22. The monoisotopic (exact) mass is 333 g/mol. The van der Waals surface area contributed by atoms with Gasteiger partial charge < -0.3 is 5.32 Å². The Morgan fingerprint density at radius 1 is 1.00 bits per heavy atom. The second-order valence-electron chi connectivity index (χ2n) is 5.84. The van der Waals surface area contributed by atoms with E-state index in [2.05, 4.69) is 19.2 Å². The van der Waals surface area contributed by atoms with Crippen LogP contribution < -0.4 is 5.32 Å². The number of benzene rings is 1. The third-order valence-corrected chi connectivity index (χ3v) is 5.71. The highest BCUT2D eigenvalue weighted by molar-refractivity contribution is 6.48. The van der Waals surface area contributed by atoms with Gasteiger partial charge >= 0.3 is 0 Å². The molecule has 0 radical (unpaired) electrons. The Morgan fingerprint density at radius 3 is 2.30 bits per heavy atom. The molecule has 1 nitrogen and oxygen atoms in total. The topological polar surface area (TPSA) is 12.0 Å². The van der Waals surface area contributed by atoms with Gasteiger partial charge in [0, 0.05) is 12.1 Å². The predicted octanol–water partition coefficient (Wildman–Crippen LogP) is 6.27. The van der Waals surface area contributed by atoms with E-state index in [9.17, 15) is 0 Å². The fourth-order valence-corrected chi connectivity index (χ4v) is 3.84. The number of hydrogen-bond donors (Lipinski definition) is 1. The van der Waals surface area contributed by atoms with Crippen molar-refractivity contribution in [3.05, 3.63) is 32.8 Å². The Balaban J connectivity index is 2.04. The lowest BCUT2D eigenvalue weighted by molar-refractivity contribution is 0.268. The van der Waals surface area contributed by atoms with Crippen LogP contribution in [0.3, 0.4) is 0 Å². The predicted molar refractivity (Wildman–Crippen MR) is 89.1 cm³/mol. The summed E-state index contributed by atoms with van der Waals surface area (Å²) in [5.74, 6) is 0.771. The van der Waals surface area contributed by atoms with Crippen LogP contribution in [-0.4, -0.2) is 6.04 Å². The molecule has 0 saturated heterocycles. The van der Waals surface area contributed by atoms with Crippen LogP contribution >= 0.6 is 34.8 Å². The van der Waals surface area contributed by atoms with Gasteiger partial charge in [-0.1, -0.05) is 60.1 Å². The fraction of sp³-hybridized carbons (Fsp3) is 0.625. The van der Waals surface area contributed by atoms with Gasteiger partial charge in [-0.05, 0) is 44.2 Å². The van der Waals surface area contributed by atoms with Gasteiger partial charge in [-0.15, -0.1) is 0 Å². The molecule has 1 unspecified atom stereocenters. The SMILES string of the molecule is CC(N[C@H](C)C1CCCCC1)c1ccc(Cl)c(Cl)c1Cl. The minimum absolute atomic E-state index is 0.175. The Morgan fingerprint density at radius 2 is 1.65 bits per heavy atom. The summed E-state index contributed by atoms with van der Waals surface area (Å²) in [5, 5.41) is 5.19. The van der Waals surface area contributed by atoms with Gasteiger partial charge in [-0.3, -0.25) is 0 Å². The van der Waals surface area contributed by atoms with E-state index in [1.807, 2.05) is 12.1 Å². The summed E-state index contributed by atoms with van der Waals surface area (Å²) in [6, 6.07) is 4.45. The van der Waals surface area contributed by atoms with Crippen molar-refractivity contribution in [2.45, 2.75) is 58.0 Å². The molecule has 0 bridgehead atoms. The van der Waals surface area contributed by atoms with Crippen molar-refractivity contribution in [2.75, 3.05) is 0 Å². The molecule has 1 aromatic carbocycles. The van der Waals surface area contributed by atoms with Crippen LogP contribution in [0, 0.1) is 5.92 Å². The van der Waals surface area contributed by atoms with Crippen molar-refractivity contribution in [1.82, 2.24) is 5.32 Å². The van der Waals surface area contributed by atoms with Gasteiger partial charge in [-0.25, -0.2) is 0 Å². The molecule has 1 fully saturated rings. The third-order valence-electron chi connectivity index (χ3n) is 4.40. The quantitative estimate of drug-likeness (QED) is 0.640.